The zero-order valence-corrected chi connectivity index (χ0v) is 25.0. The summed E-state index contributed by atoms with van der Waals surface area (Å²) in [5, 5.41) is 0. The highest BCUT2D eigenvalue weighted by molar-refractivity contribution is 5.90. The van der Waals surface area contributed by atoms with Gasteiger partial charge in [0.2, 0.25) is 0 Å². The molecule has 0 bridgehead atoms. The molecule has 1 aliphatic rings. The number of ether oxygens (including phenoxy) is 1. The number of carbonyl (C=O) groups excluding carboxylic acids is 1. The molecular formula is C36H47NO2. The number of aryl methyl sites for hydroxylation is 1. The van der Waals surface area contributed by atoms with E-state index in [1.54, 1.807) is 0 Å². The van der Waals surface area contributed by atoms with Gasteiger partial charge in [-0.2, -0.15) is 0 Å². The van der Waals surface area contributed by atoms with Crippen LogP contribution in [0.15, 0.2) is 60.7 Å². The molecule has 39 heavy (non-hydrogen) atoms. The van der Waals surface area contributed by atoms with E-state index >= 15 is 0 Å². The first kappa shape index (κ1) is 28.9. The molecule has 3 aromatic carbocycles. The molecule has 0 aromatic heterocycles. The summed E-state index contributed by atoms with van der Waals surface area (Å²) in [6, 6.07) is 21.8. The molecule has 1 fully saturated rings. The number of carbonyl (C=O) groups is 1. The van der Waals surface area contributed by atoms with Gasteiger partial charge in [-0.3, -0.25) is 0 Å². The van der Waals surface area contributed by atoms with Crippen LogP contribution in [-0.2, 0) is 16.6 Å². The quantitative estimate of drug-likeness (QED) is 0.174. The Hall–Kier alpha value is -3.07. The number of hydrogen-bond donors (Lipinski definition) is 0. The normalized spacial score (nSPS) is 13.4. The third-order valence-corrected chi connectivity index (χ3v) is 8.06. The Morgan fingerprint density at radius 2 is 1.51 bits per heavy atom. The van der Waals surface area contributed by atoms with E-state index in [0.717, 1.165) is 31.0 Å². The average Bonchev–Trinajstić information content (AvgIpc) is 3.76. The van der Waals surface area contributed by atoms with Gasteiger partial charge in [-0.05, 0) is 109 Å². The fourth-order valence-corrected chi connectivity index (χ4v) is 5.56. The van der Waals surface area contributed by atoms with Gasteiger partial charge in [0.1, 0.15) is 0 Å². The molecule has 1 aliphatic carbocycles. The van der Waals surface area contributed by atoms with Gasteiger partial charge in [-0.25, -0.2) is 4.79 Å². The second-order valence-electron chi connectivity index (χ2n) is 12.0. The van der Waals surface area contributed by atoms with E-state index in [1.165, 1.54) is 65.6 Å². The van der Waals surface area contributed by atoms with Crippen LogP contribution in [0.2, 0.25) is 0 Å². The number of rotatable bonds is 12. The van der Waals surface area contributed by atoms with E-state index in [-0.39, 0.29) is 11.4 Å². The lowest BCUT2D eigenvalue weighted by Crippen LogP contribution is -2.26. The maximum absolute atomic E-state index is 12.2. The highest BCUT2D eigenvalue weighted by Gasteiger charge is 2.23. The maximum Gasteiger partial charge on any atom is 0.338 e. The van der Waals surface area contributed by atoms with Gasteiger partial charge < -0.3 is 9.64 Å². The van der Waals surface area contributed by atoms with Crippen molar-refractivity contribution in [2.45, 2.75) is 85.5 Å². The van der Waals surface area contributed by atoms with Crippen LogP contribution >= 0.6 is 0 Å². The Bertz CT molecular complexity index is 1240. The van der Waals surface area contributed by atoms with Gasteiger partial charge in [-0.15, -0.1) is 0 Å². The molecule has 0 unspecified atom stereocenters. The van der Waals surface area contributed by atoms with Crippen molar-refractivity contribution in [1.82, 2.24) is 0 Å². The largest absolute Gasteiger partial charge is 0.462 e. The Labute approximate surface area is 236 Å². The van der Waals surface area contributed by atoms with Crippen molar-refractivity contribution in [3.63, 3.8) is 0 Å². The Morgan fingerprint density at radius 3 is 2.13 bits per heavy atom. The molecular weight excluding hydrogens is 478 g/mol. The number of benzene rings is 3. The number of nitrogens with zero attached hydrogens (tertiary/aromatic N) is 1. The van der Waals surface area contributed by atoms with Crippen molar-refractivity contribution in [1.29, 1.82) is 0 Å². The Morgan fingerprint density at radius 1 is 0.846 bits per heavy atom. The summed E-state index contributed by atoms with van der Waals surface area (Å²) in [6.45, 7) is 15.7. The van der Waals surface area contributed by atoms with Gasteiger partial charge in [0.25, 0.3) is 0 Å². The van der Waals surface area contributed by atoms with Crippen LogP contribution in [0, 0.1) is 5.92 Å². The topological polar surface area (TPSA) is 29.5 Å². The van der Waals surface area contributed by atoms with Crippen LogP contribution < -0.4 is 4.90 Å². The van der Waals surface area contributed by atoms with E-state index in [9.17, 15) is 4.79 Å². The predicted octanol–water partition coefficient (Wildman–Crippen LogP) is 9.46. The van der Waals surface area contributed by atoms with Crippen LogP contribution in [0.4, 0.5) is 5.69 Å². The standard InChI is InChI=1S/C36H47NO2/c1-7-37(8-2)34-23-22-31(25-33(34)36(4,5)6)32-24-30(21-18-28(32)13-11-10-12-26-14-15-26)27-16-19-29(20-17-27)35(38)39-9-3/h16-26H,7-15H2,1-6H3. The molecule has 0 radical (unpaired) electrons. The molecule has 3 heteroatoms. The number of esters is 1. The molecule has 208 valence electrons. The molecule has 0 heterocycles. The summed E-state index contributed by atoms with van der Waals surface area (Å²) < 4.78 is 5.17. The molecule has 0 spiro atoms. The van der Waals surface area contributed by atoms with Gasteiger partial charge in [-0.1, -0.05) is 76.8 Å². The summed E-state index contributed by atoms with van der Waals surface area (Å²) in [4.78, 5) is 14.6. The second-order valence-corrected chi connectivity index (χ2v) is 12.0. The maximum atomic E-state index is 12.2. The zero-order chi connectivity index (χ0) is 28.0. The number of hydrogen-bond acceptors (Lipinski definition) is 3. The minimum absolute atomic E-state index is 0.0406. The monoisotopic (exact) mass is 525 g/mol. The third kappa shape index (κ3) is 7.32. The SMILES string of the molecule is CCOC(=O)c1ccc(-c2ccc(CCCCC3CC3)c(-c3ccc(N(CC)CC)c(C(C)(C)C)c3)c2)cc1. The van der Waals surface area contributed by atoms with Crippen molar-refractivity contribution in [3.05, 3.63) is 77.4 Å². The highest BCUT2D eigenvalue weighted by atomic mass is 16.5. The highest BCUT2D eigenvalue weighted by Crippen LogP contribution is 2.39. The van der Waals surface area contributed by atoms with E-state index < -0.39 is 0 Å². The van der Waals surface area contributed by atoms with E-state index in [4.69, 9.17) is 4.74 Å². The number of unbranched alkanes of at least 4 members (excludes halogenated alkanes) is 1. The van der Waals surface area contributed by atoms with E-state index in [1.807, 2.05) is 31.2 Å². The first-order valence-corrected chi connectivity index (χ1v) is 15.1. The zero-order valence-electron chi connectivity index (χ0n) is 25.0. The molecule has 0 N–H and O–H groups in total. The average molecular weight is 526 g/mol. The molecule has 0 saturated heterocycles. The van der Waals surface area contributed by atoms with Crippen LogP contribution in [-0.4, -0.2) is 25.7 Å². The van der Waals surface area contributed by atoms with Gasteiger partial charge in [0.05, 0.1) is 12.2 Å². The van der Waals surface area contributed by atoms with Crippen LogP contribution in [0.5, 0.6) is 0 Å². The molecule has 1 saturated carbocycles. The van der Waals surface area contributed by atoms with Crippen molar-refractivity contribution in [2.75, 3.05) is 24.6 Å². The first-order chi connectivity index (χ1) is 18.7. The van der Waals surface area contributed by atoms with Crippen molar-refractivity contribution in [3.8, 4) is 22.3 Å². The van der Waals surface area contributed by atoms with Crippen LogP contribution in [0.25, 0.3) is 22.3 Å². The molecule has 3 aromatic rings. The number of anilines is 1. The molecule has 3 nitrogen and oxygen atoms in total. The first-order valence-electron chi connectivity index (χ1n) is 15.1. The summed E-state index contributed by atoms with van der Waals surface area (Å²) >= 11 is 0. The fourth-order valence-electron chi connectivity index (χ4n) is 5.56. The van der Waals surface area contributed by atoms with Crippen molar-refractivity contribution in [2.24, 2.45) is 5.92 Å². The second kappa shape index (κ2) is 12.9. The summed E-state index contributed by atoms with van der Waals surface area (Å²) in [5.41, 5.74) is 9.69. The van der Waals surface area contributed by atoms with Gasteiger partial charge >= 0.3 is 5.97 Å². The molecule has 4 rings (SSSR count). The predicted molar refractivity (Wildman–Crippen MR) is 166 cm³/mol. The van der Waals surface area contributed by atoms with Crippen LogP contribution in [0.3, 0.4) is 0 Å². The third-order valence-electron chi connectivity index (χ3n) is 8.06. The lowest BCUT2D eigenvalue weighted by Gasteiger charge is -2.31. The smallest absolute Gasteiger partial charge is 0.338 e. The van der Waals surface area contributed by atoms with E-state index in [2.05, 4.69) is 75.9 Å². The lowest BCUT2D eigenvalue weighted by molar-refractivity contribution is 0.0526. The van der Waals surface area contributed by atoms with Gasteiger partial charge in [0, 0.05) is 18.8 Å². The molecule has 0 amide bonds. The van der Waals surface area contributed by atoms with E-state index in [0.29, 0.717) is 12.2 Å². The lowest BCUT2D eigenvalue weighted by atomic mass is 9.82. The minimum atomic E-state index is -0.269. The molecule has 0 atom stereocenters. The van der Waals surface area contributed by atoms with Crippen molar-refractivity contribution >= 4 is 11.7 Å². The van der Waals surface area contributed by atoms with Gasteiger partial charge in [0.15, 0.2) is 0 Å². The molecule has 0 aliphatic heterocycles. The summed E-state index contributed by atoms with van der Waals surface area (Å²) in [5.74, 6) is 0.723. The van der Waals surface area contributed by atoms with Crippen LogP contribution in [0.1, 0.15) is 95.1 Å². The summed E-state index contributed by atoms with van der Waals surface area (Å²) in [7, 11) is 0. The Balaban J connectivity index is 1.73. The minimum Gasteiger partial charge on any atom is -0.462 e. The Kier molecular flexibility index (Phi) is 9.53. The summed E-state index contributed by atoms with van der Waals surface area (Å²) in [6.07, 6.45) is 7.91. The van der Waals surface area contributed by atoms with Crippen molar-refractivity contribution < 1.29 is 9.53 Å². The fraction of sp³-hybridized carbons (Fsp3) is 0.472.